The van der Waals surface area contributed by atoms with Crippen LogP contribution >= 0.6 is 0 Å². The van der Waals surface area contributed by atoms with Crippen molar-refractivity contribution in [3.63, 3.8) is 0 Å². The van der Waals surface area contributed by atoms with Crippen LogP contribution in [0, 0.1) is 5.21 Å². The number of amides is 1. The fourth-order valence-corrected chi connectivity index (χ4v) is 2.90. The number of carbonyl (C=O) groups excluding carboxylic acids is 1. The van der Waals surface area contributed by atoms with Crippen molar-refractivity contribution < 1.29 is 19.0 Å². The number of hydrogen-bond acceptors (Lipinski definition) is 4. The molecule has 1 amide bonds. The first-order chi connectivity index (χ1) is 12.1. The van der Waals surface area contributed by atoms with Crippen molar-refractivity contribution in [2.75, 3.05) is 19.1 Å². The number of carbonyl (C=O) groups is 1. The maximum Gasteiger partial charge on any atom is 0.259 e. The molecular formula is C19H20N2O4. The number of hydrogen-bond donors (Lipinski definition) is 0. The van der Waals surface area contributed by atoms with E-state index >= 15 is 0 Å². The summed E-state index contributed by atoms with van der Waals surface area (Å²) in [6.45, 7) is 0.221. The van der Waals surface area contributed by atoms with E-state index in [0.29, 0.717) is 11.4 Å². The molecule has 0 radical (unpaired) electrons. The summed E-state index contributed by atoms with van der Waals surface area (Å²) in [5.74, 6) is 0.539. The highest BCUT2D eigenvalue weighted by Crippen LogP contribution is 2.30. The third kappa shape index (κ3) is 3.49. The Bertz CT molecular complexity index is 759. The van der Waals surface area contributed by atoms with Crippen LogP contribution in [0.15, 0.2) is 54.6 Å². The lowest BCUT2D eigenvalue weighted by Gasteiger charge is -2.43. The predicted octanol–water partition coefficient (Wildman–Crippen LogP) is 2.21. The second-order valence-electron chi connectivity index (χ2n) is 5.76. The zero-order chi connectivity index (χ0) is 17.8. The van der Waals surface area contributed by atoms with Crippen LogP contribution in [0.25, 0.3) is 0 Å². The summed E-state index contributed by atoms with van der Waals surface area (Å²) in [4.78, 5) is 13.9. The number of ether oxygens (including phenoxy) is 2. The van der Waals surface area contributed by atoms with Crippen molar-refractivity contribution in [3.05, 3.63) is 65.4 Å². The molecule has 6 heteroatoms. The van der Waals surface area contributed by atoms with E-state index in [9.17, 15) is 10.0 Å². The monoisotopic (exact) mass is 340 g/mol. The average molecular weight is 340 g/mol. The van der Waals surface area contributed by atoms with Crippen LogP contribution in [0.5, 0.6) is 5.75 Å². The van der Waals surface area contributed by atoms with Gasteiger partial charge in [0.2, 0.25) is 0 Å². The van der Waals surface area contributed by atoms with Gasteiger partial charge in [0.05, 0.1) is 7.11 Å². The van der Waals surface area contributed by atoms with Gasteiger partial charge in [-0.2, -0.15) is 0 Å². The quantitative estimate of drug-likeness (QED) is 0.266. The summed E-state index contributed by atoms with van der Waals surface area (Å²) in [5, 5.41) is 12.3. The molecule has 0 aliphatic carbocycles. The van der Waals surface area contributed by atoms with Crippen molar-refractivity contribution in [3.8, 4) is 5.75 Å². The molecule has 0 saturated carbocycles. The lowest BCUT2D eigenvalue weighted by molar-refractivity contribution is -0.471. The average Bonchev–Trinajstić information content (AvgIpc) is 2.63. The van der Waals surface area contributed by atoms with Crippen LogP contribution in [0.2, 0.25) is 0 Å². The molecule has 2 aromatic rings. The lowest BCUT2D eigenvalue weighted by Crippen LogP contribution is -2.67. The van der Waals surface area contributed by atoms with Crippen LogP contribution in [-0.4, -0.2) is 43.2 Å². The first-order valence-corrected chi connectivity index (χ1v) is 7.96. The Morgan fingerprint density at radius 1 is 1.12 bits per heavy atom. The Morgan fingerprint density at radius 2 is 1.80 bits per heavy atom. The van der Waals surface area contributed by atoms with E-state index in [1.807, 2.05) is 30.3 Å². The van der Waals surface area contributed by atoms with Gasteiger partial charge in [0.1, 0.15) is 11.8 Å². The maximum atomic E-state index is 12.3. The van der Waals surface area contributed by atoms with E-state index in [4.69, 9.17) is 9.47 Å². The summed E-state index contributed by atoms with van der Waals surface area (Å²) in [7, 11) is 3.06. The largest absolute Gasteiger partial charge is 0.624 e. The normalized spacial score (nSPS) is 20.3. The first-order valence-electron chi connectivity index (χ1n) is 7.96. The van der Waals surface area contributed by atoms with E-state index in [0.717, 1.165) is 10.3 Å². The molecule has 0 N–H and O–H groups in total. The molecule has 3 rings (SSSR count). The molecule has 0 bridgehead atoms. The van der Waals surface area contributed by atoms with E-state index in [1.165, 1.54) is 13.3 Å². The van der Waals surface area contributed by atoms with E-state index in [-0.39, 0.29) is 12.5 Å². The minimum Gasteiger partial charge on any atom is -0.624 e. The van der Waals surface area contributed by atoms with Crippen molar-refractivity contribution in [2.45, 2.75) is 18.7 Å². The summed E-state index contributed by atoms with van der Waals surface area (Å²) in [6.07, 6.45) is 0.849. The Balaban J connectivity index is 1.80. The molecule has 1 saturated heterocycles. The van der Waals surface area contributed by atoms with Gasteiger partial charge in [0, 0.05) is 18.4 Å². The Morgan fingerprint density at radius 3 is 2.40 bits per heavy atom. The van der Waals surface area contributed by atoms with Crippen LogP contribution in [-0.2, 0) is 16.1 Å². The highest BCUT2D eigenvalue weighted by atomic mass is 16.5. The van der Waals surface area contributed by atoms with Gasteiger partial charge in [-0.15, -0.1) is 0 Å². The fraction of sp³-hybridized carbons (Fsp3) is 0.263. The van der Waals surface area contributed by atoms with E-state index < -0.39 is 12.1 Å². The molecule has 0 aromatic heterocycles. The standard InChI is InChI=1S/C19H20N2O4/c1-24-16-10-8-15(9-11-16)21-17(18(25-2)19(21)22)13-20(23)12-14-6-4-3-5-7-14/h3-11,13,17-18H,12H2,1-2H3/b20-13-/t17-,18+/m0/s1. The predicted molar refractivity (Wildman–Crippen MR) is 94.9 cm³/mol. The van der Waals surface area contributed by atoms with Gasteiger partial charge in [-0.1, -0.05) is 30.3 Å². The lowest BCUT2D eigenvalue weighted by atomic mass is 9.97. The summed E-state index contributed by atoms with van der Waals surface area (Å²) in [5.41, 5.74) is 1.61. The highest BCUT2D eigenvalue weighted by molar-refractivity contribution is 6.10. The third-order valence-corrected chi connectivity index (χ3v) is 4.19. The Labute approximate surface area is 146 Å². The molecule has 1 aliphatic rings. The van der Waals surface area contributed by atoms with E-state index in [1.54, 1.807) is 36.3 Å². The van der Waals surface area contributed by atoms with Gasteiger partial charge in [-0.25, -0.2) is 4.74 Å². The van der Waals surface area contributed by atoms with Crippen molar-refractivity contribution in [2.24, 2.45) is 0 Å². The van der Waals surface area contributed by atoms with E-state index in [2.05, 4.69) is 0 Å². The van der Waals surface area contributed by atoms with Crippen molar-refractivity contribution >= 4 is 17.8 Å². The number of benzene rings is 2. The molecule has 2 atom stereocenters. The maximum absolute atomic E-state index is 12.3. The molecule has 6 nitrogen and oxygen atoms in total. The molecule has 0 spiro atoms. The van der Waals surface area contributed by atoms with Gasteiger partial charge in [0.15, 0.2) is 18.9 Å². The summed E-state index contributed by atoms with van der Waals surface area (Å²) >= 11 is 0. The Hall–Kier alpha value is -2.86. The summed E-state index contributed by atoms with van der Waals surface area (Å²) < 4.78 is 11.2. The summed E-state index contributed by atoms with van der Waals surface area (Å²) in [6, 6.07) is 16.1. The smallest absolute Gasteiger partial charge is 0.259 e. The minimum absolute atomic E-state index is 0.165. The molecule has 130 valence electrons. The number of hydroxylamine groups is 1. The number of β-lactam (4-membered cyclic amide) rings is 1. The topological polar surface area (TPSA) is 64.8 Å². The highest BCUT2D eigenvalue weighted by Gasteiger charge is 2.49. The zero-order valence-corrected chi connectivity index (χ0v) is 14.2. The molecule has 25 heavy (non-hydrogen) atoms. The van der Waals surface area contributed by atoms with Crippen LogP contribution < -0.4 is 9.64 Å². The second kappa shape index (κ2) is 7.36. The SMILES string of the molecule is COc1ccc(N2C(=O)[C@H](OC)[C@@H]2/C=[N+](\[O-])Cc2ccccc2)cc1. The number of methoxy groups -OCH3 is 2. The van der Waals surface area contributed by atoms with Gasteiger partial charge >= 0.3 is 0 Å². The van der Waals surface area contributed by atoms with Crippen LogP contribution in [0.1, 0.15) is 5.56 Å². The second-order valence-corrected chi connectivity index (χ2v) is 5.76. The third-order valence-electron chi connectivity index (χ3n) is 4.19. The van der Waals surface area contributed by atoms with Crippen LogP contribution in [0.3, 0.4) is 0 Å². The molecular weight excluding hydrogens is 320 g/mol. The molecule has 2 aromatic carbocycles. The molecule has 1 heterocycles. The van der Waals surface area contributed by atoms with Crippen molar-refractivity contribution in [1.29, 1.82) is 0 Å². The number of anilines is 1. The zero-order valence-electron chi connectivity index (χ0n) is 14.2. The van der Waals surface area contributed by atoms with Gasteiger partial charge in [-0.05, 0) is 24.3 Å². The van der Waals surface area contributed by atoms with Gasteiger partial charge in [0.25, 0.3) is 5.91 Å². The number of nitrogens with zero attached hydrogens (tertiary/aromatic N) is 2. The van der Waals surface area contributed by atoms with Gasteiger partial charge < -0.3 is 14.7 Å². The molecule has 0 unspecified atom stereocenters. The van der Waals surface area contributed by atoms with Gasteiger partial charge in [-0.3, -0.25) is 9.69 Å². The molecule has 1 aliphatic heterocycles. The fourth-order valence-electron chi connectivity index (χ4n) is 2.90. The van der Waals surface area contributed by atoms with Crippen LogP contribution in [0.4, 0.5) is 5.69 Å². The van der Waals surface area contributed by atoms with Crippen molar-refractivity contribution in [1.82, 2.24) is 0 Å². The Kier molecular flexibility index (Phi) is 5.00. The first kappa shape index (κ1) is 17.0. The number of rotatable bonds is 6. The molecule has 1 fully saturated rings. The minimum atomic E-state index is -0.644.